The minimum Gasteiger partial charge on any atom is -0.372 e. The standard InChI is InChI=1S/C22H17F4N5O2/c1-33-21(5-3-6-21)19-15(23)16-14(10-29-19)30-20(31-16)13-8-11(9-28-13)17(32)12-4-2-7-27-18(12)22(24,25)26/h2,4,7-10,28H,3,5-6H2,1H3,(H,30,31). The highest BCUT2D eigenvalue weighted by Crippen LogP contribution is 2.45. The minimum atomic E-state index is -4.77. The lowest BCUT2D eigenvalue weighted by molar-refractivity contribution is -0.141. The third kappa shape index (κ3) is 3.39. The van der Waals surface area contributed by atoms with Gasteiger partial charge in [-0.15, -0.1) is 0 Å². The number of halogens is 4. The number of fused-ring (bicyclic) bond motifs is 1. The van der Waals surface area contributed by atoms with E-state index in [0.29, 0.717) is 24.1 Å². The van der Waals surface area contributed by atoms with E-state index in [0.717, 1.165) is 18.7 Å². The van der Waals surface area contributed by atoms with Crippen LogP contribution in [-0.4, -0.2) is 37.8 Å². The van der Waals surface area contributed by atoms with Crippen molar-refractivity contribution in [3.8, 4) is 11.5 Å². The van der Waals surface area contributed by atoms with Gasteiger partial charge in [0.25, 0.3) is 0 Å². The largest absolute Gasteiger partial charge is 0.434 e. The number of carbonyl (C=O) groups is 1. The molecule has 0 radical (unpaired) electrons. The van der Waals surface area contributed by atoms with Gasteiger partial charge in [-0.3, -0.25) is 14.8 Å². The van der Waals surface area contributed by atoms with Gasteiger partial charge in [-0.25, -0.2) is 9.37 Å². The number of H-pyrrole nitrogens is 2. The van der Waals surface area contributed by atoms with Crippen molar-refractivity contribution in [1.29, 1.82) is 0 Å². The number of aromatic nitrogens is 5. The first-order chi connectivity index (χ1) is 15.7. The van der Waals surface area contributed by atoms with Crippen LogP contribution >= 0.6 is 0 Å². The predicted molar refractivity (Wildman–Crippen MR) is 109 cm³/mol. The Morgan fingerprint density at radius 2 is 2.03 bits per heavy atom. The Morgan fingerprint density at radius 3 is 2.70 bits per heavy atom. The maximum absolute atomic E-state index is 15.2. The Hall–Kier alpha value is -3.60. The summed E-state index contributed by atoms with van der Waals surface area (Å²) in [6.07, 6.45) is 1.16. The number of ether oxygens (including phenoxy) is 1. The molecule has 33 heavy (non-hydrogen) atoms. The summed E-state index contributed by atoms with van der Waals surface area (Å²) in [4.78, 5) is 30.3. The SMILES string of the molecule is COC1(c2ncc3[nH]c(-c4cc(C(=O)c5cccnc5C(F)(F)F)c[nH]4)nc3c2F)CCC1. The van der Waals surface area contributed by atoms with Crippen molar-refractivity contribution in [3.63, 3.8) is 0 Å². The van der Waals surface area contributed by atoms with Gasteiger partial charge in [0.1, 0.15) is 16.8 Å². The molecule has 1 fully saturated rings. The molecule has 2 N–H and O–H groups in total. The average molecular weight is 459 g/mol. The average Bonchev–Trinajstić information content (AvgIpc) is 3.41. The lowest BCUT2D eigenvalue weighted by Crippen LogP contribution is -2.38. The van der Waals surface area contributed by atoms with Gasteiger partial charge in [0.15, 0.2) is 23.1 Å². The maximum Gasteiger partial charge on any atom is 0.434 e. The van der Waals surface area contributed by atoms with E-state index in [1.807, 2.05) is 0 Å². The van der Waals surface area contributed by atoms with Gasteiger partial charge in [-0.1, -0.05) is 0 Å². The number of aromatic amines is 2. The Labute approximate surface area is 184 Å². The zero-order valence-electron chi connectivity index (χ0n) is 17.3. The van der Waals surface area contributed by atoms with Crippen LogP contribution in [0.4, 0.5) is 17.6 Å². The Balaban J connectivity index is 1.50. The van der Waals surface area contributed by atoms with Gasteiger partial charge in [-0.2, -0.15) is 13.2 Å². The van der Waals surface area contributed by atoms with Crippen LogP contribution < -0.4 is 0 Å². The molecule has 0 saturated heterocycles. The molecule has 0 unspecified atom stereocenters. The van der Waals surface area contributed by atoms with E-state index in [2.05, 4.69) is 24.9 Å². The molecule has 0 aliphatic heterocycles. The number of nitrogens with one attached hydrogen (secondary N) is 2. The monoisotopic (exact) mass is 459 g/mol. The second-order valence-electron chi connectivity index (χ2n) is 7.85. The number of imidazole rings is 1. The number of pyridine rings is 2. The fourth-order valence-electron chi connectivity index (χ4n) is 4.06. The summed E-state index contributed by atoms with van der Waals surface area (Å²) in [5.74, 6) is -1.23. The van der Waals surface area contributed by atoms with Gasteiger partial charge in [0.2, 0.25) is 0 Å². The number of alkyl halides is 3. The van der Waals surface area contributed by atoms with Crippen LogP contribution in [-0.2, 0) is 16.5 Å². The van der Waals surface area contributed by atoms with E-state index < -0.39 is 34.6 Å². The van der Waals surface area contributed by atoms with E-state index in [1.165, 1.54) is 31.6 Å². The second kappa shape index (κ2) is 7.48. The van der Waals surface area contributed by atoms with Crippen LogP contribution in [0.5, 0.6) is 0 Å². The number of hydrogen-bond donors (Lipinski definition) is 2. The van der Waals surface area contributed by atoms with Crippen molar-refractivity contribution in [1.82, 2.24) is 24.9 Å². The van der Waals surface area contributed by atoms with E-state index in [1.54, 1.807) is 0 Å². The van der Waals surface area contributed by atoms with Crippen molar-refractivity contribution in [3.05, 3.63) is 65.1 Å². The zero-order chi connectivity index (χ0) is 23.4. The minimum absolute atomic E-state index is 0.0175. The zero-order valence-corrected chi connectivity index (χ0v) is 17.3. The van der Waals surface area contributed by atoms with Gasteiger partial charge in [-0.05, 0) is 37.5 Å². The molecule has 0 spiro atoms. The highest BCUT2D eigenvalue weighted by molar-refractivity contribution is 6.10. The Bertz CT molecular complexity index is 1370. The highest BCUT2D eigenvalue weighted by atomic mass is 19.4. The first kappa shape index (κ1) is 21.3. The fourth-order valence-corrected chi connectivity index (χ4v) is 4.06. The molecule has 0 atom stereocenters. The molecule has 4 aromatic rings. The fraction of sp³-hybridized carbons (Fsp3) is 0.273. The highest BCUT2D eigenvalue weighted by Gasteiger charge is 2.43. The van der Waals surface area contributed by atoms with Crippen molar-refractivity contribution >= 4 is 16.8 Å². The topological polar surface area (TPSA) is 96.5 Å². The first-order valence-electron chi connectivity index (χ1n) is 10.1. The van der Waals surface area contributed by atoms with Crippen LogP contribution in [0.1, 0.15) is 46.6 Å². The normalized spacial score (nSPS) is 15.5. The van der Waals surface area contributed by atoms with E-state index >= 15 is 4.39 Å². The Morgan fingerprint density at radius 1 is 1.24 bits per heavy atom. The molecule has 1 aliphatic rings. The van der Waals surface area contributed by atoms with Gasteiger partial charge < -0.3 is 14.7 Å². The Kier molecular flexibility index (Phi) is 4.82. The molecule has 5 rings (SSSR count). The lowest BCUT2D eigenvalue weighted by atomic mass is 9.77. The van der Waals surface area contributed by atoms with Crippen LogP contribution in [0.25, 0.3) is 22.6 Å². The van der Waals surface area contributed by atoms with Crippen LogP contribution in [0.2, 0.25) is 0 Å². The van der Waals surface area contributed by atoms with Gasteiger partial charge in [0, 0.05) is 25.1 Å². The molecule has 4 aromatic heterocycles. The summed E-state index contributed by atoms with van der Waals surface area (Å²) in [6.45, 7) is 0. The lowest BCUT2D eigenvalue weighted by Gasteiger charge is -2.39. The molecular formula is C22H17F4N5O2. The number of rotatable bonds is 5. The van der Waals surface area contributed by atoms with Crippen molar-refractivity contribution in [2.24, 2.45) is 0 Å². The molecule has 170 valence electrons. The molecule has 7 nitrogen and oxygen atoms in total. The second-order valence-corrected chi connectivity index (χ2v) is 7.85. The first-order valence-corrected chi connectivity index (χ1v) is 10.1. The molecular weight excluding hydrogens is 442 g/mol. The molecule has 0 aromatic carbocycles. The van der Waals surface area contributed by atoms with E-state index in [4.69, 9.17) is 4.74 Å². The third-order valence-electron chi connectivity index (χ3n) is 5.98. The summed E-state index contributed by atoms with van der Waals surface area (Å²) in [6, 6.07) is 3.68. The smallest absolute Gasteiger partial charge is 0.372 e. The quantitative estimate of drug-likeness (QED) is 0.331. The molecule has 4 heterocycles. The molecule has 1 aliphatic carbocycles. The number of nitrogens with zero attached hydrogens (tertiary/aromatic N) is 3. The van der Waals surface area contributed by atoms with Crippen molar-refractivity contribution in [2.75, 3.05) is 7.11 Å². The molecule has 0 bridgehead atoms. The summed E-state index contributed by atoms with van der Waals surface area (Å²) in [7, 11) is 1.52. The van der Waals surface area contributed by atoms with Crippen LogP contribution in [0.3, 0.4) is 0 Å². The number of carbonyl (C=O) groups excluding carboxylic acids is 1. The van der Waals surface area contributed by atoms with Crippen LogP contribution in [0.15, 0.2) is 36.8 Å². The third-order valence-corrected chi connectivity index (χ3v) is 5.98. The summed E-state index contributed by atoms with van der Waals surface area (Å²) < 4.78 is 60.4. The number of ketones is 1. The molecule has 1 saturated carbocycles. The summed E-state index contributed by atoms with van der Waals surface area (Å²) in [5, 5.41) is 0. The van der Waals surface area contributed by atoms with E-state index in [9.17, 15) is 18.0 Å². The summed E-state index contributed by atoms with van der Waals surface area (Å²) in [5.41, 5.74) is -1.70. The predicted octanol–water partition coefficient (Wildman–Crippen LogP) is 4.76. The van der Waals surface area contributed by atoms with Gasteiger partial charge >= 0.3 is 6.18 Å². The van der Waals surface area contributed by atoms with E-state index in [-0.39, 0.29) is 22.6 Å². The van der Waals surface area contributed by atoms with Crippen LogP contribution in [0, 0.1) is 5.82 Å². The van der Waals surface area contributed by atoms with Gasteiger partial charge in [0.05, 0.1) is 23.0 Å². The molecule has 0 amide bonds. The number of hydrogen-bond acceptors (Lipinski definition) is 5. The number of methoxy groups -OCH3 is 1. The molecule has 11 heteroatoms. The van der Waals surface area contributed by atoms with Crippen molar-refractivity contribution < 1.29 is 27.1 Å². The maximum atomic E-state index is 15.2. The summed E-state index contributed by atoms with van der Waals surface area (Å²) >= 11 is 0. The van der Waals surface area contributed by atoms with Crippen molar-refractivity contribution in [2.45, 2.75) is 31.0 Å².